The Balaban J connectivity index is 1.71. The fraction of sp³-hybridized carbons (Fsp3) is 0.286. The summed E-state index contributed by atoms with van der Waals surface area (Å²) >= 11 is 3.24. The average molecular weight is 430 g/mol. The summed E-state index contributed by atoms with van der Waals surface area (Å²) in [6.07, 6.45) is 2.46. The highest BCUT2D eigenvalue weighted by Gasteiger charge is 2.21. The van der Waals surface area contributed by atoms with E-state index in [4.69, 9.17) is 4.74 Å². The summed E-state index contributed by atoms with van der Waals surface area (Å²) in [5.74, 6) is 0.299. The zero-order chi connectivity index (χ0) is 20.8. The Morgan fingerprint density at radius 2 is 2.03 bits per heavy atom. The fourth-order valence-corrected chi connectivity index (χ4v) is 4.31. The van der Waals surface area contributed by atoms with Gasteiger partial charge in [0.2, 0.25) is 0 Å². The standard InChI is InChI=1S/C21H23N3O3S2/c1-13-12-14(19-22-16-6-4-5-7-18(16)29-19)8-9-15(13)23-21(26)24-17(10-11-28-3)20(25)27-2/h4-9,12,17H,10-11H2,1-3H3,(H2,23,24,26)/t17-/m0/s1. The number of rotatable bonds is 7. The van der Waals surface area contributed by atoms with Crippen molar-refractivity contribution in [1.29, 1.82) is 0 Å². The number of carbonyl (C=O) groups excluding carboxylic acids is 2. The van der Waals surface area contributed by atoms with E-state index in [1.165, 1.54) is 7.11 Å². The molecule has 152 valence electrons. The number of urea groups is 1. The van der Waals surface area contributed by atoms with Crippen LogP contribution in [0.1, 0.15) is 12.0 Å². The molecule has 2 aromatic carbocycles. The number of hydrogen-bond donors (Lipinski definition) is 2. The number of carbonyl (C=O) groups is 2. The predicted molar refractivity (Wildman–Crippen MR) is 121 cm³/mol. The molecule has 0 aliphatic heterocycles. The van der Waals surface area contributed by atoms with Crippen LogP contribution in [0.3, 0.4) is 0 Å². The number of esters is 1. The van der Waals surface area contributed by atoms with Crippen LogP contribution in [0, 0.1) is 6.92 Å². The van der Waals surface area contributed by atoms with Gasteiger partial charge in [0, 0.05) is 11.3 Å². The van der Waals surface area contributed by atoms with Gasteiger partial charge in [0.15, 0.2) is 0 Å². The molecule has 3 aromatic rings. The van der Waals surface area contributed by atoms with E-state index in [1.807, 2.05) is 49.6 Å². The van der Waals surface area contributed by atoms with Gasteiger partial charge in [-0.25, -0.2) is 14.6 Å². The van der Waals surface area contributed by atoms with Crippen LogP contribution in [0.25, 0.3) is 20.8 Å². The van der Waals surface area contributed by atoms with Crippen LogP contribution < -0.4 is 10.6 Å². The van der Waals surface area contributed by atoms with Gasteiger partial charge in [0.05, 0.1) is 17.3 Å². The number of amides is 2. The lowest BCUT2D eigenvalue weighted by molar-refractivity contribution is -0.142. The van der Waals surface area contributed by atoms with Gasteiger partial charge in [-0.05, 0) is 61.2 Å². The SMILES string of the molecule is COC(=O)[C@H](CCSC)NC(=O)Nc1ccc(-c2nc3ccccc3s2)cc1C. The quantitative estimate of drug-likeness (QED) is 0.533. The Morgan fingerprint density at radius 3 is 2.72 bits per heavy atom. The maximum absolute atomic E-state index is 12.4. The Kier molecular flexibility index (Phi) is 7.11. The lowest BCUT2D eigenvalue weighted by Gasteiger charge is -2.17. The van der Waals surface area contributed by atoms with Gasteiger partial charge in [-0.1, -0.05) is 12.1 Å². The van der Waals surface area contributed by atoms with E-state index in [0.29, 0.717) is 12.1 Å². The molecule has 0 aliphatic rings. The molecule has 0 spiro atoms. The van der Waals surface area contributed by atoms with Gasteiger partial charge in [-0.15, -0.1) is 11.3 Å². The Morgan fingerprint density at radius 1 is 1.24 bits per heavy atom. The molecule has 3 rings (SSSR count). The Bertz CT molecular complexity index is 986. The number of nitrogens with zero attached hydrogens (tertiary/aromatic N) is 1. The number of aryl methyl sites for hydroxylation is 1. The zero-order valence-corrected chi connectivity index (χ0v) is 18.2. The Hall–Kier alpha value is -2.58. The minimum Gasteiger partial charge on any atom is -0.467 e. The first kappa shape index (κ1) is 21.1. The van der Waals surface area contributed by atoms with Crippen molar-refractivity contribution in [1.82, 2.24) is 10.3 Å². The fourth-order valence-electron chi connectivity index (χ4n) is 2.88. The molecule has 29 heavy (non-hydrogen) atoms. The number of anilines is 1. The van der Waals surface area contributed by atoms with Crippen molar-refractivity contribution < 1.29 is 14.3 Å². The molecule has 6 nitrogen and oxygen atoms in total. The second-order valence-corrected chi connectivity index (χ2v) is 8.49. The van der Waals surface area contributed by atoms with E-state index >= 15 is 0 Å². The van der Waals surface area contributed by atoms with Crippen LogP contribution in [-0.2, 0) is 9.53 Å². The summed E-state index contributed by atoms with van der Waals surface area (Å²) in [6, 6.07) is 12.7. The van der Waals surface area contributed by atoms with Crippen molar-refractivity contribution in [3.8, 4) is 10.6 Å². The normalized spacial score (nSPS) is 11.8. The molecular formula is C21H23N3O3S2. The molecule has 0 fully saturated rings. The predicted octanol–water partition coefficient (Wildman–Crippen LogP) is 4.69. The van der Waals surface area contributed by atoms with Gasteiger partial charge < -0.3 is 15.4 Å². The van der Waals surface area contributed by atoms with Gasteiger partial charge in [-0.3, -0.25) is 0 Å². The van der Waals surface area contributed by atoms with E-state index in [0.717, 1.165) is 32.1 Å². The number of thioether (sulfide) groups is 1. The smallest absolute Gasteiger partial charge is 0.328 e. The molecule has 1 aromatic heterocycles. The number of aromatic nitrogens is 1. The summed E-state index contributed by atoms with van der Waals surface area (Å²) in [7, 11) is 1.32. The van der Waals surface area contributed by atoms with Crippen molar-refractivity contribution in [2.24, 2.45) is 0 Å². The van der Waals surface area contributed by atoms with Crippen LogP contribution in [0.5, 0.6) is 0 Å². The van der Waals surface area contributed by atoms with Gasteiger partial charge in [0.1, 0.15) is 11.0 Å². The summed E-state index contributed by atoms with van der Waals surface area (Å²) in [6.45, 7) is 1.93. The third-order valence-electron chi connectivity index (χ3n) is 4.42. The van der Waals surface area contributed by atoms with Gasteiger partial charge in [-0.2, -0.15) is 11.8 Å². The monoisotopic (exact) mass is 429 g/mol. The summed E-state index contributed by atoms with van der Waals surface area (Å²) in [5.41, 5.74) is 3.57. The molecular weight excluding hydrogens is 406 g/mol. The first-order valence-electron chi connectivity index (χ1n) is 9.12. The van der Waals surface area contributed by atoms with Crippen molar-refractivity contribution in [3.05, 3.63) is 48.0 Å². The molecule has 0 saturated carbocycles. The highest BCUT2D eigenvalue weighted by Crippen LogP contribution is 2.31. The molecule has 0 saturated heterocycles. The number of hydrogen-bond acceptors (Lipinski definition) is 6. The number of fused-ring (bicyclic) bond motifs is 1. The molecule has 0 bridgehead atoms. The number of para-hydroxylation sites is 1. The maximum atomic E-state index is 12.4. The minimum absolute atomic E-state index is 0.433. The van der Waals surface area contributed by atoms with Crippen LogP contribution in [0.2, 0.25) is 0 Å². The molecule has 0 unspecified atom stereocenters. The lowest BCUT2D eigenvalue weighted by atomic mass is 10.1. The van der Waals surface area contributed by atoms with Crippen molar-refractivity contribution in [2.45, 2.75) is 19.4 Å². The molecule has 1 atom stereocenters. The average Bonchev–Trinajstić information content (AvgIpc) is 3.16. The van der Waals surface area contributed by atoms with Gasteiger partial charge in [0.25, 0.3) is 0 Å². The number of thiazole rings is 1. The number of nitrogens with one attached hydrogen (secondary N) is 2. The largest absolute Gasteiger partial charge is 0.467 e. The van der Waals surface area contributed by atoms with Crippen molar-refractivity contribution >= 4 is 51.0 Å². The summed E-state index contributed by atoms with van der Waals surface area (Å²) in [5, 5.41) is 6.45. The van der Waals surface area contributed by atoms with E-state index < -0.39 is 18.0 Å². The molecule has 2 N–H and O–H groups in total. The third kappa shape index (κ3) is 5.27. The van der Waals surface area contributed by atoms with Crippen LogP contribution in [0.15, 0.2) is 42.5 Å². The topological polar surface area (TPSA) is 80.3 Å². The second kappa shape index (κ2) is 9.76. The highest BCUT2D eigenvalue weighted by molar-refractivity contribution is 7.98. The molecule has 8 heteroatoms. The van der Waals surface area contributed by atoms with E-state index in [2.05, 4.69) is 21.7 Å². The first-order chi connectivity index (χ1) is 14.0. The second-order valence-electron chi connectivity index (χ2n) is 6.47. The first-order valence-corrected chi connectivity index (χ1v) is 11.3. The number of ether oxygens (including phenoxy) is 1. The summed E-state index contributed by atoms with van der Waals surface area (Å²) < 4.78 is 5.92. The third-order valence-corrected chi connectivity index (χ3v) is 6.15. The minimum atomic E-state index is -0.672. The molecule has 2 amide bonds. The van der Waals surface area contributed by atoms with Crippen LogP contribution in [0.4, 0.5) is 10.5 Å². The van der Waals surface area contributed by atoms with E-state index in [9.17, 15) is 9.59 Å². The van der Waals surface area contributed by atoms with Crippen LogP contribution >= 0.6 is 23.1 Å². The van der Waals surface area contributed by atoms with Crippen LogP contribution in [-0.4, -0.2) is 42.1 Å². The summed E-state index contributed by atoms with van der Waals surface area (Å²) in [4.78, 5) is 28.9. The molecule has 0 aliphatic carbocycles. The maximum Gasteiger partial charge on any atom is 0.328 e. The molecule has 1 heterocycles. The van der Waals surface area contributed by atoms with Crippen molar-refractivity contribution in [3.63, 3.8) is 0 Å². The van der Waals surface area contributed by atoms with Crippen molar-refractivity contribution in [2.75, 3.05) is 24.4 Å². The number of methoxy groups -OCH3 is 1. The van der Waals surface area contributed by atoms with E-state index in [1.54, 1.807) is 23.1 Å². The lowest BCUT2D eigenvalue weighted by Crippen LogP contribution is -2.44. The van der Waals surface area contributed by atoms with Gasteiger partial charge >= 0.3 is 12.0 Å². The Labute approximate surface area is 178 Å². The van der Waals surface area contributed by atoms with E-state index in [-0.39, 0.29) is 0 Å². The number of benzene rings is 2. The zero-order valence-electron chi connectivity index (χ0n) is 16.5. The highest BCUT2D eigenvalue weighted by atomic mass is 32.2. The molecule has 0 radical (unpaired) electrons.